The highest BCUT2D eigenvalue weighted by Gasteiger charge is 2.25. The third-order valence-corrected chi connectivity index (χ3v) is 8.69. The molecular formula is C17H21OPS. The molecule has 0 saturated carbocycles. The highest BCUT2D eigenvalue weighted by molar-refractivity contribution is 8.60. The average molecular weight is 304 g/mol. The minimum atomic E-state index is -2.41. The maximum absolute atomic E-state index is 13.4. The first kappa shape index (κ1) is 15.4. The molecule has 3 heteroatoms. The highest BCUT2D eigenvalue weighted by atomic mass is 32.7. The summed E-state index contributed by atoms with van der Waals surface area (Å²) in [6.45, 7) is 4.22. The van der Waals surface area contributed by atoms with Crippen molar-refractivity contribution >= 4 is 23.0 Å². The van der Waals surface area contributed by atoms with Crippen molar-refractivity contribution in [2.24, 2.45) is 0 Å². The fraction of sp³-hybridized carbons (Fsp3) is 0.294. The molecule has 0 aromatic heterocycles. The summed E-state index contributed by atoms with van der Waals surface area (Å²) in [5.41, 5.74) is 1.23. The summed E-state index contributed by atoms with van der Waals surface area (Å²) in [5.74, 6) is 0. The van der Waals surface area contributed by atoms with Gasteiger partial charge in [-0.05, 0) is 25.5 Å². The van der Waals surface area contributed by atoms with Gasteiger partial charge in [-0.2, -0.15) is 0 Å². The molecule has 0 amide bonds. The summed E-state index contributed by atoms with van der Waals surface area (Å²) in [7, 11) is 0. The first-order chi connectivity index (χ1) is 9.64. The molecule has 0 spiro atoms. The zero-order valence-corrected chi connectivity index (χ0v) is 13.8. The van der Waals surface area contributed by atoms with E-state index in [1.807, 2.05) is 30.3 Å². The van der Waals surface area contributed by atoms with Crippen LogP contribution in [0.4, 0.5) is 0 Å². The van der Waals surface area contributed by atoms with Crippen molar-refractivity contribution < 1.29 is 4.57 Å². The summed E-state index contributed by atoms with van der Waals surface area (Å²) in [5, 5.41) is 0.985. The van der Waals surface area contributed by atoms with Gasteiger partial charge >= 0.3 is 0 Å². The van der Waals surface area contributed by atoms with Crippen molar-refractivity contribution in [3.63, 3.8) is 0 Å². The van der Waals surface area contributed by atoms with Gasteiger partial charge < -0.3 is 4.57 Å². The van der Waals surface area contributed by atoms with Crippen LogP contribution >= 0.6 is 17.7 Å². The van der Waals surface area contributed by atoms with Crippen LogP contribution in [-0.2, 0) is 4.57 Å². The van der Waals surface area contributed by atoms with Gasteiger partial charge in [0.15, 0.2) is 6.34 Å². The number of aryl methyl sites for hydroxylation is 1. The molecule has 2 aromatic rings. The van der Waals surface area contributed by atoms with Gasteiger partial charge in [-0.15, -0.1) is 0 Å². The lowest BCUT2D eigenvalue weighted by Gasteiger charge is -2.18. The Bertz CT molecular complexity index is 578. The van der Waals surface area contributed by atoms with Gasteiger partial charge in [-0.1, -0.05) is 72.8 Å². The van der Waals surface area contributed by atoms with Gasteiger partial charge in [0, 0.05) is 16.4 Å². The second kappa shape index (κ2) is 7.15. The Labute approximate surface area is 125 Å². The summed E-state index contributed by atoms with van der Waals surface area (Å²) < 4.78 is 13.4. The first-order valence-corrected chi connectivity index (χ1v) is 10.4. The molecule has 1 nitrogen and oxygen atoms in total. The van der Waals surface area contributed by atoms with Crippen molar-refractivity contribution in [1.29, 1.82) is 0 Å². The number of hydrogen-bond acceptors (Lipinski definition) is 2. The second-order valence-electron chi connectivity index (χ2n) is 4.99. The first-order valence-electron chi connectivity index (χ1n) is 7.05. The third kappa shape index (κ3) is 4.01. The molecule has 0 aliphatic rings. The molecule has 2 rings (SSSR count). The lowest BCUT2D eigenvalue weighted by Crippen LogP contribution is -2.04. The van der Waals surface area contributed by atoms with E-state index in [0.717, 1.165) is 29.2 Å². The standard InChI is InChI=1S/C17H21OPS/c1-3-4-14-19(18,16-8-6-5-7-9-16)20-17-12-10-15(2)11-13-17/h5-13H,3-4,14H2,1-2H3. The van der Waals surface area contributed by atoms with Gasteiger partial charge in [0.2, 0.25) is 0 Å². The van der Waals surface area contributed by atoms with E-state index in [-0.39, 0.29) is 0 Å². The topological polar surface area (TPSA) is 17.1 Å². The maximum Gasteiger partial charge on any atom is 0.171 e. The summed E-state index contributed by atoms with van der Waals surface area (Å²) in [6, 6.07) is 18.2. The minimum absolute atomic E-state index is 0.770. The Kier molecular flexibility index (Phi) is 5.51. The molecule has 0 saturated heterocycles. The van der Waals surface area contributed by atoms with Crippen molar-refractivity contribution in [3.05, 3.63) is 60.2 Å². The van der Waals surface area contributed by atoms with Crippen LogP contribution in [0.2, 0.25) is 0 Å². The molecule has 2 aromatic carbocycles. The van der Waals surface area contributed by atoms with Gasteiger partial charge in [0.05, 0.1) is 0 Å². The SMILES string of the molecule is CCCCP(=O)(Sc1ccc(C)cc1)c1ccccc1. The molecule has 0 N–H and O–H groups in total. The van der Waals surface area contributed by atoms with Crippen molar-refractivity contribution in [3.8, 4) is 0 Å². The maximum atomic E-state index is 13.4. The molecule has 0 radical (unpaired) electrons. The summed E-state index contributed by atoms with van der Waals surface area (Å²) >= 11 is 1.55. The number of unbranched alkanes of at least 4 members (excludes halogenated alkanes) is 1. The van der Waals surface area contributed by atoms with Gasteiger partial charge in [-0.3, -0.25) is 0 Å². The fourth-order valence-electron chi connectivity index (χ4n) is 2.02. The molecular weight excluding hydrogens is 283 g/mol. The fourth-order valence-corrected chi connectivity index (χ4v) is 7.16. The van der Waals surface area contributed by atoms with Crippen molar-refractivity contribution in [1.82, 2.24) is 0 Å². The van der Waals surface area contributed by atoms with E-state index in [4.69, 9.17) is 0 Å². The van der Waals surface area contributed by atoms with Gasteiger partial charge in [-0.25, -0.2) is 0 Å². The summed E-state index contributed by atoms with van der Waals surface area (Å²) in [6.07, 6.45) is 0.441. The van der Waals surface area contributed by atoms with Crippen LogP contribution in [0.5, 0.6) is 0 Å². The van der Waals surface area contributed by atoms with Crippen LogP contribution in [0.1, 0.15) is 25.3 Å². The van der Waals surface area contributed by atoms with Crippen LogP contribution in [0.3, 0.4) is 0 Å². The van der Waals surface area contributed by atoms with E-state index in [2.05, 4.69) is 38.1 Å². The van der Waals surface area contributed by atoms with E-state index in [1.54, 1.807) is 11.4 Å². The Morgan fingerprint density at radius 3 is 2.25 bits per heavy atom. The Hall–Kier alpha value is -0.980. The lowest BCUT2D eigenvalue weighted by molar-refractivity contribution is 0.588. The molecule has 1 unspecified atom stereocenters. The van der Waals surface area contributed by atoms with Crippen LogP contribution in [0, 0.1) is 6.92 Å². The zero-order chi connectivity index (χ0) is 14.4. The molecule has 106 valence electrons. The molecule has 0 fully saturated rings. The number of benzene rings is 2. The monoisotopic (exact) mass is 304 g/mol. The quantitative estimate of drug-likeness (QED) is 0.656. The smallest absolute Gasteiger partial charge is 0.171 e. The van der Waals surface area contributed by atoms with E-state index in [0.29, 0.717) is 0 Å². The van der Waals surface area contributed by atoms with Crippen molar-refractivity contribution in [2.75, 3.05) is 6.16 Å². The van der Waals surface area contributed by atoms with Gasteiger partial charge in [0.25, 0.3) is 0 Å². The lowest BCUT2D eigenvalue weighted by atomic mass is 10.2. The largest absolute Gasteiger partial charge is 0.307 e. The number of rotatable bonds is 6. The molecule has 0 heterocycles. The van der Waals surface area contributed by atoms with E-state index < -0.39 is 6.34 Å². The zero-order valence-electron chi connectivity index (χ0n) is 12.1. The van der Waals surface area contributed by atoms with Crippen LogP contribution in [0.25, 0.3) is 0 Å². The van der Waals surface area contributed by atoms with Crippen LogP contribution in [-0.4, -0.2) is 6.16 Å². The van der Waals surface area contributed by atoms with Crippen molar-refractivity contribution in [2.45, 2.75) is 31.6 Å². The average Bonchev–Trinajstić information content (AvgIpc) is 2.48. The Morgan fingerprint density at radius 2 is 1.65 bits per heavy atom. The normalized spacial score (nSPS) is 13.9. The Morgan fingerprint density at radius 1 is 1.00 bits per heavy atom. The number of hydrogen-bond donors (Lipinski definition) is 0. The highest BCUT2D eigenvalue weighted by Crippen LogP contribution is 2.61. The van der Waals surface area contributed by atoms with Crippen LogP contribution < -0.4 is 5.30 Å². The minimum Gasteiger partial charge on any atom is -0.307 e. The predicted molar refractivity (Wildman–Crippen MR) is 90.5 cm³/mol. The molecule has 0 bridgehead atoms. The summed E-state index contributed by atoms with van der Waals surface area (Å²) in [4.78, 5) is 1.10. The third-order valence-electron chi connectivity index (χ3n) is 3.23. The van der Waals surface area contributed by atoms with Gasteiger partial charge in [0.1, 0.15) is 0 Å². The molecule has 0 aliphatic carbocycles. The van der Waals surface area contributed by atoms with E-state index in [9.17, 15) is 4.57 Å². The molecule has 1 atom stereocenters. The molecule has 20 heavy (non-hydrogen) atoms. The predicted octanol–water partition coefficient (Wildman–Crippen LogP) is 5.49. The van der Waals surface area contributed by atoms with E-state index >= 15 is 0 Å². The second-order valence-corrected chi connectivity index (χ2v) is 10.3. The van der Waals surface area contributed by atoms with Crippen LogP contribution in [0.15, 0.2) is 59.5 Å². The van der Waals surface area contributed by atoms with E-state index in [1.165, 1.54) is 5.56 Å². The Balaban J connectivity index is 2.27. The molecule has 0 aliphatic heterocycles.